The number of aryl methyl sites for hydroxylation is 1. The van der Waals surface area contributed by atoms with Gasteiger partial charge in [-0.1, -0.05) is 6.07 Å². The third-order valence-electron chi connectivity index (χ3n) is 2.38. The highest BCUT2D eigenvalue weighted by molar-refractivity contribution is 5.78. The molecule has 1 aromatic heterocycles. The number of nitrogens with two attached hydrogens (primary N) is 1. The molecule has 1 aromatic carbocycles. The molecule has 0 aliphatic heterocycles. The summed E-state index contributed by atoms with van der Waals surface area (Å²) in [5, 5.41) is 0. The smallest absolute Gasteiger partial charge is 0.369 e. The molecule has 7 heteroatoms. The molecule has 0 fully saturated rings. The lowest BCUT2D eigenvalue weighted by molar-refractivity contribution is -0.136. The van der Waals surface area contributed by atoms with Gasteiger partial charge in [-0.05, 0) is 12.1 Å². The number of benzene rings is 1. The molecule has 2 N–H and O–H groups in total. The fourth-order valence-electron chi connectivity index (χ4n) is 1.60. The zero-order chi connectivity index (χ0) is 12.6. The number of nitrogen functional groups attached to an aromatic ring is 1. The zero-order valence-corrected chi connectivity index (χ0v) is 8.63. The van der Waals surface area contributed by atoms with E-state index in [2.05, 4.69) is 4.98 Å². The molecule has 0 amide bonds. The Morgan fingerprint density at radius 2 is 2.00 bits per heavy atom. The van der Waals surface area contributed by atoms with Crippen molar-refractivity contribution >= 4 is 17.0 Å². The van der Waals surface area contributed by atoms with E-state index in [1.54, 1.807) is 0 Å². The Morgan fingerprint density at radius 1 is 1.29 bits per heavy atom. The van der Waals surface area contributed by atoms with Crippen LogP contribution in [-0.2, 0) is 6.54 Å². The SMILES string of the molecule is Nc1nc2c(F)cccc2n1CCC(F)(F)F. The van der Waals surface area contributed by atoms with Crippen LogP contribution in [0.25, 0.3) is 11.0 Å². The van der Waals surface area contributed by atoms with Gasteiger partial charge in [-0.15, -0.1) is 0 Å². The first kappa shape index (κ1) is 11.7. The molecule has 0 radical (unpaired) electrons. The van der Waals surface area contributed by atoms with E-state index in [0.29, 0.717) is 0 Å². The first-order valence-electron chi connectivity index (χ1n) is 4.85. The number of para-hydroxylation sites is 1. The van der Waals surface area contributed by atoms with Gasteiger partial charge in [0.05, 0.1) is 11.9 Å². The van der Waals surface area contributed by atoms with E-state index < -0.39 is 18.4 Å². The maximum Gasteiger partial charge on any atom is 0.390 e. The van der Waals surface area contributed by atoms with E-state index in [1.807, 2.05) is 0 Å². The van der Waals surface area contributed by atoms with Crippen LogP contribution in [0, 0.1) is 5.82 Å². The molecule has 3 nitrogen and oxygen atoms in total. The predicted molar refractivity (Wildman–Crippen MR) is 54.8 cm³/mol. The van der Waals surface area contributed by atoms with Crippen molar-refractivity contribution in [3.63, 3.8) is 0 Å². The average Bonchev–Trinajstić information content (AvgIpc) is 2.52. The van der Waals surface area contributed by atoms with E-state index in [0.717, 1.165) is 4.57 Å². The third kappa shape index (κ3) is 2.32. The van der Waals surface area contributed by atoms with Crippen molar-refractivity contribution in [3.05, 3.63) is 24.0 Å². The molecule has 17 heavy (non-hydrogen) atoms. The van der Waals surface area contributed by atoms with Gasteiger partial charge in [0.1, 0.15) is 5.52 Å². The van der Waals surface area contributed by atoms with Gasteiger partial charge in [0, 0.05) is 6.54 Å². The molecule has 0 unspecified atom stereocenters. The van der Waals surface area contributed by atoms with Gasteiger partial charge in [0.25, 0.3) is 0 Å². The van der Waals surface area contributed by atoms with E-state index >= 15 is 0 Å². The zero-order valence-electron chi connectivity index (χ0n) is 8.63. The van der Waals surface area contributed by atoms with E-state index in [-0.39, 0.29) is 23.5 Å². The van der Waals surface area contributed by atoms with Gasteiger partial charge in [-0.3, -0.25) is 0 Å². The molecule has 0 atom stereocenters. The lowest BCUT2D eigenvalue weighted by Gasteiger charge is -2.08. The van der Waals surface area contributed by atoms with Crippen molar-refractivity contribution in [2.75, 3.05) is 5.73 Å². The van der Waals surface area contributed by atoms with Crippen LogP contribution in [0.4, 0.5) is 23.5 Å². The maximum atomic E-state index is 13.3. The van der Waals surface area contributed by atoms with Gasteiger partial charge >= 0.3 is 6.18 Å². The second-order valence-electron chi connectivity index (χ2n) is 3.59. The minimum Gasteiger partial charge on any atom is -0.369 e. The van der Waals surface area contributed by atoms with Crippen molar-refractivity contribution in [1.82, 2.24) is 9.55 Å². The first-order chi connectivity index (χ1) is 7.88. The van der Waals surface area contributed by atoms with Crippen molar-refractivity contribution in [2.24, 2.45) is 0 Å². The van der Waals surface area contributed by atoms with Crippen molar-refractivity contribution < 1.29 is 17.6 Å². The highest BCUT2D eigenvalue weighted by Gasteiger charge is 2.27. The van der Waals surface area contributed by atoms with Gasteiger partial charge in [0.2, 0.25) is 5.95 Å². The van der Waals surface area contributed by atoms with Gasteiger partial charge < -0.3 is 10.3 Å². The molecular formula is C10H9F4N3. The Hall–Kier alpha value is -1.79. The molecule has 0 aliphatic carbocycles. The highest BCUT2D eigenvalue weighted by atomic mass is 19.4. The molecule has 1 heterocycles. The monoisotopic (exact) mass is 247 g/mol. The molecule has 0 saturated carbocycles. The number of imidazole rings is 1. The molecule has 0 saturated heterocycles. The summed E-state index contributed by atoms with van der Waals surface area (Å²) in [7, 11) is 0. The highest BCUT2D eigenvalue weighted by Crippen LogP contribution is 2.25. The fourth-order valence-corrected chi connectivity index (χ4v) is 1.60. The molecule has 92 valence electrons. The van der Waals surface area contributed by atoms with Crippen LogP contribution in [0.3, 0.4) is 0 Å². The van der Waals surface area contributed by atoms with Crippen LogP contribution in [0.1, 0.15) is 6.42 Å². The first-order valence-corrected chi connectivity index (χ1v) is 4.85. The normalized spacial score (nSPS) is 12.2. The Balaban J connectivity index is 2.40. The number of rotatable bonds is 2. The van der Waals surface area contributed by atoms with E-state index in [1.165, 1.54) is 18.2 Å². The number of alkyl halides is 3. The lowest BCUT2D eigenvalue weighted by Crippen LogP contribution is -2.13. The summed E-state index contributed by atoms with van der Waals surface area (Å²) in [5.74, 6) is -0.714. The number of fused-ring (bicyclic) bond motifs is 1. The summed E-state index contributed by atoms with van der Waals surface area (Å²) in [6.45, 7) is -0.366. The van der Waals surface area contributed by atoms with Crippen molar-refractivity contribution in [2.45, 2.75) is 19.1 Å². The third-order valence-corrected chi connectivity index (χ3v) is 2.38. The molecule has 2 aromatic rings. The Bertz CT molecular complexity index is 544. The fraction of sp³-hybridized carbons (Fsp3) is 0.300. The number of hydrogen-bond donors (Lipinski definition) is 1. The minimum absolute atomic E-state index is 0.00725. The molecule has 2 rings (SSSR count). The van der Waals surface area contributed by atoms with Crippen molar-refractivity contribution in [3.8, 4) is 0 Å². The Labute approximate surface area is 93.8 Å². The quantitative estimate of drug-likeness (QED) is 0.829. The second-order valence-corrected chi connectivity index (χ2v) is 3.59. The van der Waals surface area contributed by atoms with E-state index in [4.69, 9.17) is 5.73 Å². The van der Waals surface area contributed by atoms with Crippen molar-refractivity contribution in [1.29, 1.82) is 0 Å². The standard InChI is InChI=1S/C10H9F4N3/c11-6-2-1-3-7-8(6)16-9(15)17(7)5-4-10(12,13)14/h1-3H,4-5H2,(H2,15,16). The molecule has 0 aliphatic rings. The van der Waals surface area contributed by atoms with Crippen LogP contribution >= 0.6 is 0 Å². The van der Waals surface area contributed by atoms with Crippen LogP contribution in [-0.4, -0.2) is 15.7 Å². The number of anilines is 1. The summed E-state index contributed by atoms with van der Waals surface area (Å²) >= 11 is 0. The number of aromatic nitrogens is 2. The number of hydrogen-bond acceptors (Lipinski definition) is 2. The van der Waals surface area contributed by atoms with Gasteiger partial charge in [0.15, 0.2) is 5.82 Å². The largest absolute Gasteiger partial charge is 0.390 e. The predicted octanol–water partition coefficient (Wildman–Crippen LogP) is 2.71. The van der Waals surface area contributed by atoms with Crippen LogP contribution in [0.2, 0.25) is 0 Å². The average molecular weight is 247 g/mol. The topological polar surface area (TPSA) is 43.8 Å². The van der Waals surface area contributed by atoms with Crippen LogP contribution in [0.5, 0.6) is 0 Å². The van der Waals surface area contributed by atoms with Gasteiger partial charge in [-0.2, -0.15) is 13.2 Å². The molecule has 0 spiro atoms. The van der Waals surface area contributed by atoms with E-state index in [9.17, 15) is 17.6 Å². The van der Waals surface area contributed by atoms with Crippen LogP contribution < -0.4 is 5.73 Å². The summed E-state index contributed by atoms with van der Waals surface area (Å²) in [5.41, 5.74) is 5.73. The second kappa shape index (κ2) is 3.90. The number of nitrogens with zero attached hydrogens (tertiary/aromatic N) is 2. The Kier molecular flexibility index (Phi) is 2.68. The molecule has 0 bridgehead atoms. The Morgan fingerprint density at radius 3 is 2.65 bits per heavy atom. The minimum atomic E-state index is -4.28. The van der Waals surface area contributed by atoms with Gasteiger partial charge in [-0.25, -0.2) is 9.37 Å². The summed E-state index contributed by atoms with van der Waals surface area (Å²) < 4.78 is 50.8. The summed E-state index contributed by atoms with van der Waals surface area (Å²) in [4.78, 5) is 3.71. The molecular weight excluding hydrogens is 238 g/mol. The van der Waals surface area contributed by atoms with Crippen LogP contribution in [0.15, 0.2) is 18.2 Å². The summed E-state index contributed by atoms with van der Waals surface area (Å²) in [6, 6.07) is 4.07. The maximum absolute atomic E-state index is 13.3. The lowest BCUT2D eigenvalue weighted by atomic mass is 10.3. The summed E-state index contributed by atoms with van der Waals surface area (Å²) in [6.07, 6.45) is -5.31. The number of halogens is 4.